The number of nitrogens with one attached hydrogen (secondary N) is 1. The summed E-state index contributed by atoms with van der Waals surface area (Å²) >= 11 is 0. The Bertz CT molecular complexity index is 284. The lowest BCUT2D eigenvalue weighted by Gasteiger charge is -2.34. The van der Waals surface area contributed by atoms with Gasteiger partial charge in [0.05, 0.1) is 6.07 Å². The van der Waals surface area contributed by atoms with E-state index in [4.69, 9.17) is 0 Å². The number of hydrogen-bond donors (Lipinski definition) is 1. The van der Waals surface area contributed by atoms with Crippen LogP contribution in [0.5, 0.6) is 0 Å². The van der Waals surface area contributed by atoms with Gasteiger partial charge in [-0.15, -0.1) is 0 Å². The molecule has 0 aliphatic carbocycles. The Morgan fingerprint density at radius 2 is 1.82 bits per heavy atom. The molecule has 0 aromatic heterocycles. The molecule has 0 spiro atoms. The number of carbonyl (C=O) groups excluding carboxylic acids is 1. The highest BCUT2D eigenvalue weighted by Gasteiger charge is 2.40. The van der Waals surface area contributed by atoms with E-state index in [0.717, 1.165) is 39.0 Å². The maximum atomic E-state index is 12.5. The van der Waals surface area contributed by atoms with Gasteiger partial charge in [-0.3, -0.25) is 4.79 Å². The van der Waals surface area contributed by atoms with Gasteiger partial charge in [0.25, 0.3) is 0 Å². The first kappa shape index (κ1) is 14.0. The van der Waals surface area contributed by atoms with Crippen LogP contribution >= 0.6 is 0 Å². The number of amides is 1. The van der Waals surface area contributed by atoms with Gasteiger partial charge in [0, 0.05) is 26.2 Å². The molecule has 0 aromatic rings. The average molecular weight is 237 g/mol. The Labute approximate surface area is 104 Å². The molecule has 4 heteroatoms. The fourth-order valence-corrected chi connectivity index (χ4v) is 2.52. The Morgan fingerprint density at radius 1 is 1.29 bits per heavy atom. The molecular formula is C13H23N3O. The van der Waals surface area contributed by atoms with Crippen molar-refractivity contribution in [2.75, 3.05) is 26.2 Å². The van der Waals surface area contributed by atoms with Gasteiger partial charge in [0.2, 0.25) is 5.91 Å². The van der Waals surface area contributed by atoms with Crippen LogP contribution in [-0.2, 0) is 4.79 Å². The number of rotatable bonds is 5. The molecule has 0 bridgehead atoms. The SMILES string of the molecule is CCCC(C#N)(CCC)C(=O)N1CCNCC1. The second-order valence-corrected chi connectivity index (χ2v) is 4.74. The van der Waals surface area contributed by atoms with Gasteiger partial charge in [0.1, 0.15) is 5.41 Å². The fraction of sp³-hybridized carbons (Fsp3) is 0.846. The average Bonchev–Trinajstić information content (AvgIpc) is 2.38. The van der Waals surface area contributed by atoms with E-state index in [-0.39, 0.29) is 5.91 Å². The number of nitrogens with zero attached hydrogens (tertiary/aromatic N) is 2. The van der Waals surface area contributed by atoms with Crippen molar-refractivity contribution in [3.63, 3.8) is 0 Å². The van der Waals surface area contributed by atoms with Crippen LogP contribution < -0.4 is 5.32 Å². The normalized spacial score (nSPS) is 16.6. The van der Waals surface area contributed by atoms with Gasteiger partial charge >= 0.3 is 0 Å². The summed E-state index contributed by atoms with van der Waals surface area (Å²) in [6, 6.07) is 2.30. The lowest BCUT2D eigenvalue weighted by molar-refractivity contribution is -0.140. The summed E-state index contributed by atoms with van der Waals surface area (Å²) in [6.07, 6.45) is 3.12. The quantitative estimate of drug-likeness (QED) is 0.789. The van der Waals surface area contributed by atoms with E-state index in [2.05, 4.69) is 11.4 Å². The standard InChI is InChI=1S/C13H23N3O/c1-3-5-13(11-14,6-4-2)12(17)16-9-7-15-8-10-16/h15H,3-10H2,1-2H3. The molecule has 1 rings (SSSR count). The largest absolute Gasteiger partial charge is 0.339 e. The molecule has 1 heterocycles. The first-order valence-corrected chi connectivity index (χ1v) is 6.61. The van der Waals surface area contributed by atoms with Gasteiger partial charge in [-0.05, 0) is 12.8 Å². The summed E-state index contributed by atoms with van der Waals surface area (Å²) < 4.78 is 0. The van der Waals surface area contributed by atoms with E-state index in [1.807, 2.05) is 18.7 Å². The maximum Gasteiger partial charge on any atom is 0.243 e. The second-order valence-electron chi connectivity index (χ2n) is 4.74. The molecule has 0 aromatic carbocycles. The summed E-state index contributed by atoms with van der Waals surface area (Å²) in [4.78, 5) is 14.4. The predicted octanol–water partition coefficient (Wildman–Crippen LogP) is 1.53. The Balaban J connectivity index is 2.80. The predicted molar refractivity (Wildman–Crippen MR) is 67.3 cm³/mol. The van der Waals surface area contributed by atoms with E-state index < -0.39 is 5.41 Å². The first-order chi connectivity index (χ1) is 8.20. The van der Waals surface area contributed by atoms with Crippen LogP contribution in [0.3, 0.4) is 0 Å². The smallest absolute Gasteiger partial charge is 0.243 e. The van der Waals surface area contributed by atoms with Crippen LogP contribution in [0.2, 0.25) is 0 Å². The highest BCUT2D eigenvalue weighted by atomic mass is 16.2. The number of carbonyl (C=O) groups is 1. The molecule has 0 unspecified atom stereocenters. The molecule has 96 valence electrons. The highest BCUT2D eigenvalue weighted by molar-refractivity contribution is 5.85. The number of hydrogen-bond acceptors (Lipinski definition) is 3. The third-order valence-electron chi connectivity index (χ3n) is 3.38. The zero-order valence-electron chi connectivity index (χ0n) is 11.0. The van der Waals surface area contributed by atoms with Crippen LogP contribution in [0, 0.1) is 16.7 Å². The summed E-state index contributed by atoms with van der Waals surface area (Å²) in [5.41, 5.74) is -0.777. The zero-order chi connectivity index (χ0) is 12.7. The molecule has 1 fully saturated rings. The van der Waals surface area contributed by atoms with Crippen molar-refractivity contribution in [3.8, 4) is 6.07 Å². The molecule has 0 radical (unpaired) electrons. The summed E-state index contributed by atoms with van der Waals surface area (Å²) in [7, 11) is 0. The van der Waals surface area contributed by atoms with Gasteiger partial charge in [0.15, 0.2) is 0 Å². The molecule has 1 aliphatic heterocycles. The Hall–Kier alpha value is -1.08. The van der Waals surface area contributed by atoms with Crippen LogP contribution in [0.1, 0.15) is 39.5 Å². The van der Waals surface area contributed by atoms with E-state index >= 15 is 0 Å². The van der Waals surface area contributed by atoms with Crippen molar-refractivity contribution in [2.45, 2.75) is 39.5 Å². The number of piperazine rings is 1. The molecule has 0 atom stereocenters. The lowest BCUT2D eigenvalue weighted by Crippen LogP contribution is -2.51. The van der Waals surface area contributed by atoms with Crippen molar-refractivity contribution in [3.05, 3.63) is 0 Å². The molecule has 0 saturated carbocycles. The van der Waals surface area contributed by atoms with E-state index in [9.17, 15) is 10.1 Å². The minimum Gasteiger partial charge on any atom is -0.339 e. The second kappa shape index (κ2) is 6.61. The lowest BCUT2D eigenvalue weighted by atomic mass is 9.79. The van der Waals surface area contributed by atoms with E-state index in [0.29, 0.717) is 12.8 Å². The topological polar surface area (TPSA) is 56.1 Å². The number of nitriles is 1. The summed E-state index contributed by atoms with van der Waals surface area (Å²) in [5.74, 6) is 0.0465. The maximum absolute atomic E-state index is 12.5. The molecule has 1 aliphatic rings. The third kappa shape index (κ3) is 3.19. The Kier molecular flexibility index (Phi) is 5.43. The monoisotopic (exact) mass is 237 g/mol. The van der Waals surface area contributed by atoms with Crippen molar-refractivity contribution >= 4 is 5.91 Å². The van der Waals surface area contributed by atoms with Crippen LogP contribution in [0.4, 0.5) is 0 Å². The minimum atomic E-state index is -0.777. The highest BCUT2D eigenvalue weighted by Crippen LogP contribution is 2.31. The first-order valence-electron chi connectivity index (χ1n) is 6.61. The van der Waals surface area contributed by atoms with Gasteiger partial charge < -0.3 is 10.2 Å². The fourth-order valence-electron chi connectivity index (χ4n) is 2.52. The minimum absolute atomic E-state index is 0.0465. The van der Waals surface area contributed by atoms with Crippen LogP contribution in [0.15, 0.2) is 0 Å². The van der Waals surface area contributed by atoms with E-state index in [1.54, 1.807) is 0 Å². The Morgan fingerprint density at radius 3 is 2.24 bits per heavy atom. The van der Waals surface area contributed by atoms with Gasteiger partial charge in [-0.1, -0.05) is 26.7 Å². The molecule has 1 amide bonds. The van der Waals surface area contributed by atoms with E-state index in [1.165, 1.54) is 0 Å². The summed E-state index contributed by atoms with van der Waals surface area (Å²) in [5, 5.41) is 12.7. The van der Waals surface area contributed by atoms with Gasteiger partial charge in [-0.2, -0.15) is 5.26 Å². The van der Waals surface area contributed by atoms with Crippen molar-refractivity contribution in [1.29, 1.82) is 5.26 Å². The van der Waals surface area contributed by atoms with Gasteiger partial charge in [-0.25, -0.2) is 0 Å². The summed E-state index contributed by atoms with van der Waals surface area (Å²) in [6.45, 7) is 7.21. The van der Waals surface area contributed by atoms with Crippen molar-refractivity contribution in [2.24, 2.45) is 5.41 Å². The molecule has 4 nitrogen and oxygen atoms in total. The van der Waals surface area contributed by atoms with Crippen molar-refractivity contribution < 1.29 is 4.79 Å². The third-order valence-corrected chi connectivity index (χ3v) is 3.38. The molecular weight excluding hydrogens is 214 g/mol. The van der Waals surface area contributed by atoms with Crippen molar-refractivity contribution in [1.82, 2.24) is 10.2 Å². The zero-order valence-corrected chi connectivity index (χ0v) is 11.0. The molecule has 1 N–H and O–H groups in total. The molecule has 17 heavy (non-hydrogen) atoms. The van der Waals surface area contributed by atoms with Crippen LogP contribution in [0.25, 0.3) is 0 Å². The molecule has 1 saturated heterocycles. The van der Waals surface area contributed by atoms with Crippen LogP contribution in [-0.4, -0.2) is 37.0 Å².